The maximum Gasteiger partial charge on any atom is 0.0750 e. The zero-order valence-corrected chi connectivity index (χ0v) is 10.5. The molecule has 0 saturated carbocycles. The molecule has 0 aliphatic heterocycles. The van der Waals surface area contributed by atoms with Crippen LogP contribution < -0.4 is 11.1 Å². The largest absolute Gasteiger partial charge is 0.396 e. The van der Waals surface area contributed by atoms with Gasteiger partial charge in [0.05, 0.1) is 34.8 Å². The van der Waals surface area contributed by atoms with Crippen LogP contribution in [0, 0.1) is 0 Å². The molecule has 1 rings (SSSR count). The van der Waals surface area contributed by atoms with Gasteiger partial charge in [0.25, 0.3) is 0 Å². The Hall–Kier alpha value is -0.810. The molecular weight excluding hydrogens is 258 g/mol. The SMILES string of the molecule is CC(C)OCCNc1c(N)cncc1Br. The van der Waals surface area contributed by atoms with Crippen LogP contribution in [0.4, 0.5) is 11.4 Å². The van der Waals surface area contributed by atoms with E-state index in [9.17, 15) is 0 Å². The highest BCUT2D eigenvalue weighted by Gasteiger charge is 2.03. The van der Waals surface area contributed by atoms with Crippen LogP contribution in [0.3, 0.4) is 0 Å². The van der Waals surface area contributed by atoms with Gasteiger partial charge in [-0.1, -0.05) is 0 Å². The molecule has 0 spiro atoms. The predicted octanol–water partition coefficient (Wildman–Crippen LogP) is 2.26. The Balaban J connectivity index is 2.43. The van der Waals surface area contributed by atoms with E-state index in [-0.39, 0.29) is 6.10 Å². The molecule has 1 aromatic heterocycles. The maximum absolute atomic E-state index is 5.77. The highest BCUT2D eigenvalue weighted by molar-refractivity contribution is 9.10. The van der Waals surface area contributed by atoms with E-state index in [0.29, 0.717) is 12.3 Å². The van der Waals surface area contributed by atoms with E-state index in [0.717, 1.165) is 16.7 Å². The van der Waals surface area contributed by atoms with Crippen molar-refractivity contribution < 1.29 is 4.74 Å². The second-order valence-corrected chi connectivity index (χ2v) is 4.29. The first-order valence-electron chi connectivity index (χ1n) is 4.85. The number of anilines is 2. The van der Waals surface area contributed by atoms with Crippen LogP contribution in [0.5, 0.6) is 0 Å². The smallest absolute Gasteiger partial charge is 0.0750 e. The predicted molar refractivity (Wildman–Crippen MR) is 65.9 cm³/mol. The minimum atomic E-state index is 0.255. The molecule has 0 amide bonds. The molecule has 0 unspecified atom stereocenters. The van der Waals surface area contributed by atoms with Crippen molar-refractivity contribution in [3.63, 3.8) is 0 Å². The maximum atomic E-state index is 5.77. The van der Waals surface area contributed by atoms with E-state index in [1.54, 1.807) is 12.4 Å². The van der Waals surface area contributed by atoms with Gasteiger partial charge in [0.1, 0.15) is 0 Å². The van der Waals surface area contributed by atoms with Crippen LogP contribution >= 0.6 is 15.9 Å². The second kappa shape index (κ2) is 5.92. The molecular formula is C10H16BrN3O. The molecule has 0 aromatic carbocycles. The fraction of sp³-hybridized carbons (Fsp3) is 0.500. The molecule has 0 bridgehead atoms. The van der Waals surface area contributed by atoms with Gasteiger partial charge in [-0.3, -0.25) is 4.98 Å². The fourth-order valence-corrected chi connectivity index (χ4v) is 1.59. The van der Waals surface area contributed by atoms with Crippen LogP contribution in [0.2, 0.25) is 0 Å². The van der Waals surface area contributed by atoms with Crippen LogP contribution in [0.15, 0.2) is 16.9 Å². The summed E-state index contributed by atoms with van der Waals surface area (Å²) in [5.74, 6) is 0. The number of pyridine rings is 1. The van der Waals surface area contributed by atoms with Crippen molar-refractivity contribution in [3.8, 4) is 0 Å². The van der Waals surface area contributed by atoms with E-state index in [1.165, 1.54) is 0 Å². The number of hydrogen-bond acceptors (Lipinski definition) is 4. The molecule has 0 radical (unpaired) electrons. The lowest BCUT2D eigenvalue weighted by molar-refractivity contribution is 0.0870. The van der Waals surface area contributed by atoms with Crippen molar-refractivity contribution in [2.45, 2.75) is 20.0 Å². The minimum Gasteiger partial charge on any atom is -0.396 e. The summed E-state index contributed by atoms with van der Waals surface area (Å²) in [6, 6.07) is 0. The highest BCUT2D eigenvalue weighted by Crippen LogP contribution is 2.26. The number of nitrogens with two attached hydrogens (primary N) is 1. The summed E-state index contributed by atoms with van der Waals surface area (Å²) >= 11 is 3.38. The summed E-state index contributed by atoms with van der Waals surface area (Å²) in [6.07, 6.45) is 3.59. The van der Waals surface area contributed by atoms with Crippen LogP contribution in [-0.2, 0) is 4.74 Å². The fourth-order valence-electron chi connectivity index (χ4n) is 1.11. The number of halogens is 1. The molecule has 0 aliphatic carbocycles. The Morgan fingerprint density at radius 3 is 2.87 bits per heavy atom. The van der Waals surface area contributed by atoms with E-state index >= 15 is 0 Å². The number of nitrogens with one attached hydrogen (secondary N) is 1. The van der Waals surface area contributed by atoms with Crippen molar-refractivity contribution >= 4 is 27.3 Å². The number of nitrogen functional groups attached to an aromatic ring is 1. The average molecular weight is 274 g/mol. The summed E-state index contributed by atoms with van der Waals surface area (Å²) in [5.41, 5.74) is 7.27. The second-order valence-electron chi connectivity index (χ2n) is 3.43. The van der Waals surface area contributed by atoms with Gasteiger partial charge in [0.2, 0.25) is 0 Å². The third-order valence-corrected chi connectivity index (χ3v) is 2.39. The third kappa shape index (κ3) is 4.05. The third-order valence-electron chi connectivity index (χ3n) is 1.78. The molecule has 0 saturated heterocycles. The number of aromatic nitrogens is 1. The molecule has 3 N–H and O–H groups in total. The molecule has 1 heterocycles. The zero-order chi connectivity index (χ0) is 11.3. The van der Waals surface area contributed by atoms with Crippen molar-refractivity contribution in [2.24, 2.45) is 0 Å². The van der Waals surface area contributed by atoms with Crippen molar-refractivity contribution in [1.82, 2.24) is 4.98 Å². The quantitative estimate of drug-likeness (QED) is 0.808. The highest BCUT2D eigenvalue weighted by atomic mass is 79.9. The summed E-state index contributed by atoms with van der Waals surface area (Å²) in [7, 11) is 0. The van der Waals surface area contributed by atoms with Gasteiger partial charge in [-0.2, -0.15) is 0 Å². The van der Waals surface area contributed by atoms with E-state index in [2.05, 4.69) is 26.2 Å². The lowest BCUT2D eigenvalue weighted by Gasteiger charge is -2.12. The zero-order valence-electron chi connectivity index (χ0n) is 8.96. The average Bonchev–Trinajstić information content (AvgIpc) is 2.15. The van der Waals surface area contributed by atoms with Gasteiger partial charge in [0, 0.05) is 12.7 Å². The molecule has 1 aromatic rings. The Morgan fingerprint density at radius 2 is 2.27 bits per heavy atom. The van der Waals surface area contributed by atoms with Gasteiger partial charge in [0.15, 0.2) is 0 Å². The van der Waals surface area contributed by atoms with Crippen LogP contribution in [0.1, 0.15) is 13.8 Å². The lowest BCUT2D eigenvalue weighted by atomic mass is 10.3. The Bertz CT molecular complexity index is 297. The van der Waals surface area contributed by atoms with Gasteiger partial charge < -0.3 is 15.8 Å². The van der Waals surface area contributed by atoms with Crippen molar-refractivity contribution in [2.75, 3.05) is 24.2 Å². The topological polar surface area (TPSA) is 60.2 Å². The van der Waals surface area contributed by atoms with Crippen LogP contribution in [0.25, 0.3) is 0 Å². The molecule has 4 nitrogen and oxygen atoms in total. The molecule has 0 fully saturated rings. The number of ether oxygens (including phenoxy) is 1. The number of nitrogens with zero attached hydrogens (tertiary/aromatic N) is 1. The van der Waals surface area contributed by atoms with E-state index < -0.39 is 0 Å². The monoisotopic (exact) mass is 273 g/mol. The summed E-state index contributed by atoms with van der Waals surface area (Å²) in [6.45, 7) is 5.41. The van der Waals surface area contributed by atoms with Gasteiger partial charge in [-0.25, -0.2) is 0 Å². The molecule has 5 heteroatoms. The van der Waals surface area contributed by atoms with Gasteiger partial charge in [-0.15, -0.1) is 0 Å². The molecule has 84 valence electrons. The first-order chi connectivity index (χ1) is 7.11. The first-order valence-corrected chi connectivity index (χ1v) is 5.65. The van der Waals surface area contributed by atoms with E-state index in [1.807, 2.05) is 13.8 Å². The Labute approximate surface area is 98.3 Å². The lowest BCUT2D eigenvalue weighted by Crippen LogP contribution is -2.14. The van der Waals surface area contributed by atoms with E-state index in [4.69, 9.17) is 10.5 Å². The summed E-state index contributed by atoms with van der Waals surface area (Å²) in [4.78, 5) is 3.96. The summed E-state index contributed by atoms with van der Waals surface area (Å²) < 4.78 is 6.28. The van der Waals surface area contributed by atoms with Gasteiger partial charge >= 0.3 is 0 Å². The number of rotatable bonds is 5. The minimum absolute atomic E-state index is 0.255. The number of hydrogen-bond donors (Lipinski definition) is 2. The van der Waals surface area contributed by atoms with Crippen molar-refractivity contribution in [3.05, 3.63) is 16.9 Å². The first kappa shape index (κ1) is 12.3. The molecule has 15 heavy (non-hydrogen) atoms. The molecule has 0 atom stereocenters. The standard InChI is InChI=1S/C10H16BrN3O/c1-7(2)15-4-3-14-10-8(11)5-13-6-9(10)12/h5-7H,3-4,12H2,1-2H3,(H,13,14). The Morgan fingerprint density at radius 1 is 1.53 bits per heavy atom. The summed E-state index contributed by atoms with van der Waals surface area (Å²) in [5, 5.41) is 3.20. The molecule has 0 aliphatic rings. The van der Waals surface area contributed by atoms with Crippen molar-refractivity contribution in [1.29, 1.82) is 0 Å². The Kier molecular flexibility index (Phi) is 4.84. The van der Waals surface area contributed by atoms with Crippen LogP contribution in [-0.4, -0.2) is 24.2 Å². The van der Waals surface area contributed by atoms with Gasteiger partial charge in [-0.05, 0) is 29.8 Å². The normalized spacial score (nSPS) is 10.7.